The highest BCUT2D eigenvalue weighted by atomic mass is 16.5. The summed E-state index contributed by atoms with van der Waals surface area (Å²) >= 11 is 0. The van der Waals surface area contributed by atoms with Crippen LogP contribution in [0.25, 0.3) is 0 Å². The van der Waals surface area contributed by atoms with E-state index in [1.54, 1.807) is 0 Å². The molecule has 20 heavy (non-hydrogen) atoms. The Hall–Kier alpha value is -0.650. The molecule has 2 rings (SSSR count). The summed E-state index contributed by atoms with van der Waals surface area (Å²) in [7, 11) is 0. The van der Waals surface area contributed by atoms with Gasteiger partial charge < -0.3 is 20.1 Å². The van der Waals surface area contributed by atoms with Crippen LogP contribution in [0.1, 0.15) is 39.5 Å². The van der Waals surface area contributed by atoms with Gasteiger partial charge in [-0.25, -0.2) is 0 Å². The lowest BCUT2D eigenvalue weighted by molar-refractivity contribution is -0.167. The molecule has 2 N–H and O–H groups in total. The molecule has 0 aliphatic carbocycles. The minimum absolute atomic E-state index is 0.0280. The van der Waals surface area contributed by atoms with Crippen molar-refractivity contribution in [2.24, 2.45) is 5.92 Å². The van der Waals surface area contributed by atoms with Crippen LogP contribution in [-0.2, 0) is 9.53 Å². The van der Waals surface area contributed by atoms with Gasteiger partial charge in [0.05, 0.1) is 18.3 Å². The first kappa shape index (κ1) is 15.7. The number of nitrogens with zero attached hydrogens (tertiary/aromatic N) is 1. The number of aliphatic hydroxyl groups excluding tert-OH is 1. The van der Waals surface area contributed by atoms with Gasteiger partial charge in [-0.3, -0.25) is 4.79 Å². The zero-order valence-electron chi connectivity index (χ0n) is 12.7. The van der Waals surface area contributed by atoms with Crippen LogP contribution in [0.2, 0.25) is 0 Å². The van der Waals surface area contributed by atoms with Crippen LogP contribution in [0.15, 0.2) is 0 Å². The van der Waals surface area contributed by atoms with Gasteiger partial charge in [-0.1, -0.05) is 0 Å². The normalized spacial score (nSPS) is 30.2. The van der Waals surface area contributed by atoms with E-state index in [1.165, 1.54) is 12.8 Å². The number of ether oxygens (including phenoxy) is 1. The molecule has 2 atom stereocenters. The topological polar surface area (TPSA) is 61.8 Å². The van der Waals surface area contributed by atoms with Crippen LogP contribution in [0.5, 0.6) is 0 Å². The molecule has 0 aromatic heterocycles. The van der Waals surface area contributed by atoms with Crippen molar-refractivity contribution in [1.29, 1.82) is 0 Å². The van der Waals surface area contributed by atoms with Crippen molar-refractivity contribution in [3.05, 3.63) is 0 Å². The van der Waals surface area contributed by atoms with E-state index in [4.69, 9.17) is 4.74 Å². The number of amides is 1. The number of piperidine rings is 1. The summed E-state index contributed by atoms with van der Waals surface area (Å²) in [5.41, 5.74) is -0.367. The Kier molecular flexibility index (Phi) is 5.41. The summed E-state index contributed by atoms with van der Waals surface area (Å²) in [6.07, 6.45) is 3.78. The maximum Gasteiger partial charge on any atom is 0.222 e. The number of aliphatic hydroxyl groups is 1. The zero-order valence-corrected chi connectivity index (χ0v) is 12.7. The second-order valence-corrected chi connectivity index (χ2v) is 6.71. The zero-order chi connectivity index (χ0) is 14.6. The molecule has 0 bridgehead atoms. The first-order chi connectivity index (χ1) is 9.50. The van der Waals surface area contributed by atoms with E-state index in [1.807, 2.05) is 18.7 Å². The number of morpholine rings is 1. The van der Waals surface area contributed by atoms with Gasteiger partial charge in [0.15, 0.2) is 0 Å². The molecule has 0 radical (unpaired) electrons. The molecule has 2 unspecified atom stereocenters. The predicted octanol–water partition coefficient (Wildman–Crippen LogP) is 0.765. The van der Waals surface area contributed by atoms with Gasteiger partial charge in [0.25, 0.3) is 0 Å². The van der Waals surface area contributed by atoms with Gasteiger partial charge in [0.2, 0.25) is 5.91 Å². The Balaban J connectivity index is 1.81. The maximum absolute atomic E-state index is 12.4. The highest BCUT2D eigenvalue weighted by Crippen LogP contribution is 2.23. The van der Waals surface area contributed by atoms with Crippen LogP contribution in [-0.4, -0.2) is 60.4 Å². The summed E-state index contributed by atoms with van der Waals surface area (Å²) in [4.78, 5) is 14.2. The van der Waals surface area contributed by atoms with E-state index in [0.29, 0.717) is 25.4 Å². The lowest BCUT2D eigenvalue weighted by Gasteiger charge is -2.42. The van der Waals surface area contributed by atoms with E-state index < -0.39 is 0 Å². The predicted molar refractivity (Wildman–Crippen MR) is 77.4 cm³/mol. The van der Waals surface area contributed by atoms with E-state index in [-0.39, 0.29) is 24.2 Å². The number of hydrogen-bond donors (Lipinski definition) is 2. The van der Waals surface area contributed by atoms with Crippen LogP contribution in [0.3, 0.4) is 0 Å². The van der Waals surface area contributed by atoms with E-state index in [2.05, 4.69) is 5.32 Å². The third kappa shape index (κ3) is 4.43. The third-order valence-corrected chi connectivity index (χ3v) is 4.20. The largest absolute Gasteiger partial charge is 0.394 e. The summed E-state index contributed by atoms with van der Waals surface area (Å²) in [6.45, 7) is 7.20. The molecule has 2 saturated heterocycles. The second-order valence-electron chi connectivity index (χ2n) is 6.71. The first-order valence-electron chi connectivity index (χ1n) is 7.77. The van der Waals surface area contributed by atoms with Crippen molar-refractivity contribution in [2.45, 2.75) is 51.2 Å². The van der Waals surface area contributed by atoms with E-state index >= 15 is 0 Å². The summed E-state index contributed by atoms with van der Waals surface area (Å²) in [5.74, 6) is 0.834. The Bertz CT molecular complexity index is 327. The molecule has 1 amide bonds. The van der Waals surface area contributed by atoms with Crippen molar-refractivity contribution < 1.29 is 14.6 Å². The minimum Gasteiger partial charge on any atom is -0.394 e. The van der Waals surface area contributed by atoms with Crippen molar-refractivity contribution in [1.82, 2.24) is 10.2 Å². The second kappa shape index (κ2) is 6.87. The van der Waals surface area contributed by atoms with Gasteiger partial charge in [-0.05, 0) is 52.1 Å². The molecule has 0 spiro atoms. The van der Waals surface area contributed by atoms with E-state index in [0.717, 1.165) is 19.5 Å². The Morgan fingerprint density at radius 2 is 2.30 bits per heavy atom. The number of carbonyl (C=O) groups excluding carboxylic acids is 1. The highest BCUT2D eigenvalue weighted by Gasteiger charge is 2.35. The number of nitrogens with one attached hydrogen (secondary N) is 1. The SMILES string of the molecule is CC1(C)CN(C(=O)CCC2CCCNC2)CC(CO)O1. The molecule has 0 aromatic carbocycles. The lowest BCUT2D eigenvalue weighted by atomic mass is 9.94. The summed E-state index contributed by atoms with van der Waals surface area (Å²) in [5, 5.41) is 12.7. The fourth-order valence-electron chi connectivity index (χ4n) is 3.24. The quantitative estimate of drug-likeness (QED) is 0.800. The molecule has 0 saturated carbocycles. The molecule has 2 aliphatic heterocycles. The molecule has 2 aliphatic rings. The fourth-order valence-corrected chi connectivity index (χ4v) is 3.24. The smallest absolute Gasteiger partial charge is 0.222 e. The van der Waals surface area contributed by atoms with Crippen molar-refractivity contribution >= 4 is 5.91 Å². The average Bonchev–Trinajstić information content (AvgIpc) is 2.44. The van der Waals surface area contributed by atoms with Crippen molar-refractivity contribution in [3.63, 3.8) is 0 Å². The fraction of sp³-hybridized carbons (Fsp3) is 0.933. The van der Waals surface area contributed by atoms with Gasteiger partial charge in [0.1, 0.15) is 0 Å². The average molecular weight is 284 g/mol. The minimum atomic E-state index is -0.367. The van der Waals surface area contributed by atoms with Gasteiger partial charge in [0, 0.05) is 19.5 Å². The number of carbonyl (C=O) groups is 1. The number of hydrogen-bond acceptors (Lipinski definition) is 4. The van der Waals surface area contributed by atoms with Crippen LogP contribution >= 0.6 is 0 Å². The van der Waals surface area contributed by atoms with Crippen LogP contribution in [0.4, 0.5) is 0 Å². The summed E-state index contributed by atoms with van der Waals surface area (Å²) < 4.78 is 5.74. The Labute approximate surface area is 121 Å². The first-order valence-corrected chi connectivity index (χ1v) is 7.77. The van der Waals surface area contributed by atoms with Crippen LogP contribution in [0, 0.1) is 5.92 Å². The molecule has 0 aromatic rings. The Morgan fingerprint density at radius 1 is 1.50 bits per heavy atom. The molecule has 116 valence electrons. The lowest BCUT2D eigenvalue weighted by Crippen LogP contribution is -2.55. The maximum atomic E-state index is 12.4. The Morgan fingerprint density at radius 3 is 2.95 bits per heavy atom. The third-order valence-electron chi connectivity index (χ3n) is 4.20. The van der Waals surface area contributed by atoms with Crippen molar-refractivity contribution in [3.8, 4) is 0 Å². The number of rotatable bonds is 4. The van der Waals surface area contributed by atoms with Gasteiger partial charge in [-0.15, -0.1) is 0 Å². The van der Waals surface area contributed by atoms with Gasteiger partial charge >= 0.3 is 0 Å². The molecule has 5 heteroatoms. The summed E-state index contributed by atoms with van der Waals surface area (Å²) in [6, 6.07) is 0. The van der Waals surface area contributed by atoms with E-state index in [9.17, 15) is 9.90 Å². The monoisotopic (exact) mass is 284 g/mol. The molecule has 2 fully saturated rings. The molecule has 2 heterocycles. The highest BCUT2D eigenvalue weighted by molar-refractivity contribution is 5.76. The molecular weight excluding hydrogens is 256 g/mol. The van der Waals surface area contributed by atoms with Crippen LogP contribution < -0.4 is 5.32 Å². The standard InChI is InChI=1S/C15H28N2O3/c1-15(2)11-17(9-13(10-18)20-15)14(19)6-5-12-4-3-7-16-8-12/h12-13,16,18H,3-11H2,1-2H3. The van der Waals surface area contributed by atoms with Crippen molar-refractivity contribution in [2.75, 3.05) is 32.8 Å². The molecular formula is C15H28N2O3. The molecule has 5 nitrogen and oxygen atoms in total. The van der Waals surface area contributed by atoms with Gasteiger partial charge in [-0.2, -0.15) is 0 Å².